The molecule has 1 saturated carbocycles. The first kappa shape index (κ1) is 22.3. The molecule has 1 N–H and O–H groups in total. The number of ether oxygens (including phenoxy) is 4. The average molecular weight is 459 g/mol. The lowest BCUT2D eigenvalue weighted by Crippen LogP contribution is -2.17. The van der Waals surface area contributed by atoms with E-state index < -0.39 is 0 Å². The van der Waals surface area contributed by atoms with Crippen molar-refractivity contribution in [3.05, 3.63) is 89.8 Å². The van der Waals surface area contributed by atoms with E-state index in [1.165, 1.54) is 5.56 Å². The summed E-state index contributed by atoms with van der Waals surface area (Å²) in [6.45, 7) is 7.39. The van der Waals surface area contributed by atoms with E-state index in [1.54, 1.807) is 7.11 Å². The van der Waals surface area contributed by atoms with Gasteiger partial charge in [-0.05, 0) is 49.1 Å². The lowest BCUT2D eigenvalue weighted by atomic mass is 9.92. The molecule has 1 unspecified atom stereocenters. The minimum absolute atomic E-state index is 0.106. The minimum atomic E-state index is -0.246. The standard InChI is InChI=1S/C28H30N2O4/c1-4-15-32-27(22-7-5-6-8-23(22)31-3)20-9-12-26(29-17-20)30-19(2)28(13-14-28)21-10-11-24-25(16-21)34-18-33-24/h5-12,16-17,27H,2,4,13-15,18H2,1,3H3,(H,29,30). The van der Waals surface area contributed by atoms with Crippen LogP contribution >= 0.6 is 0 Å². The molecule has 2 aromatic carbocycles. The SMILES string of the molecule is C=C(Nc1ccc(C(OCCC)c2ccccc2OC)cn1)C1(c2ccc3c(c2)OCO3)CC1. The third-order valence-electron chi connectivity index (χ3n) is 6.53. The van der Waals surface area contributed by atoms with Gasteiger partial charge >= 0.3 is 0 Å². The van der Waals surface area contributed by atoms with E-state index in [2.05, 4.69) is 42.0 Å². The van der Waals surface area contributed by atoms with Crippen LogP contribution in [-0.2, 0) is 10.2 Å². The molecule has 1 aliphatic carbocycles. The lowest BCUT2D eigenvalue weighted by molar-refractivity contribution is 0.0786. The maximum atomic E-state index is 6.21. The zero-order chi connectivity index (χ0) is 23.5. The quantitative estimate of drug-likeness (QED) is 0.403. The molecule has 2 heterocycles. The summed E-state index contributed by atoms with van der Waals surface area (Å²) in [5.74, 6) is 3.16. The van der Waals surface area contributed by atoms with Crippen LogP contribution in [0.3, 0.4) is 0 Å². The molecule has 2 aliphatic rings. The van der Waals surface area contributed by atoms with E-state index in [9.17, 15) is 0 Å². The zero-order valence-corrected chi connectivity index (χ0v) is 19.7. The number of aromatic nitrogens is 1. The van der Waals surface area contributed by atoms with Gasteiger partial charge in [-0.2, -0.15) is 0 Å². The van der Waals surface area contributed by atoms with E-state index >= 15 is 0 Å². The third kappa shape index (κ3) is 4.21. The number of nitrogens with zero attached hydrogens (tertiary/aromatic N) is 1. The molecule has 5 rings (SSSR count). The Morgan fingerprint density at radius 1 is 1.12 bits per heavy atom. The predicted octanol–water partition coefficient (Wildman–Crippen LogP) is 5.99. The molecule has 1 fully saturated rings. The van der Waals surface area contributed by atoms with Gasteiger partial charge in [-0.1, -0.05) is 43.8 Å². The van der Waals surface area contributed by atoms with Gasteiger partial charge in [-0.15, -0.1) is 0 Å². The Bertz CT molecular complexity index is 1170. The number of benzene rings is 2. The van der Waals surface area contributed by atoms with E-state index in [0.717, 1.165) is 59.2 Å². The minimum Gasteiger partial charge on any atom is -0.496 e. The summed E-state index contributed by atoms with van der Waals surface area (Å²) in [6, 6.07) is 18.1. The second-order valence-electron chi connectivity index (χ2n) is 8.72. The van der Waals surface area contributed by atoms with Crippen molar-refractivity contribution in [2.45, 2.75) is 37.7 Å². The van der Waals surface area contributed by atoms with Gasteiger partial charge in [0.15, 0.2) is 11.5 Å². The van der Waals surface area contributed by atoms with Crippen molar-refractivity contribution in [2.75, 3.05) is 25.8 Å². The van der Waals surface area contributed by atoms with Crippen LogP contribution in [0.2, 0.25) is 0 Å². The van der Waals surface area contributed by atoms with Gasteiger partial charge in [0, 0.05) is 35.0 Å². The molecule has 0 saturated heterocycles. The van der Waals surface area contributed by atoms with Crippen molar-refractivity contribution < 1.29 is 18.9 Å². The Kier molecular flexibility index (Phi) is 6.16. The van der Waals surface area contributed by atoms with Crippen LogP contribution in [0, 0.1) is 0 Å². The largest absolute Gasteiger partial charge is 0.496 e. The van der Waals surface area contributed by atoms with E-state index in [-0.39, 0.29) is 18.3 Å². The number of nitrogens with one attached hydrogen (secondary N) is 1. The number of fused-ring (bicyclic) bond motifs is 1. The number of hydrogen-bond donors (Lipinski definition) is 1. The first-order valence-corrected chi connectivity index (χ1v) is 11.7. The second kappa shape index (κ2) is 9.39. The zero-order valence-electron chi connectivity index (χ0n) is 19.7. The summed E-state index contributed by atoms with van der Waals surface area (Å²) in [7, 11) is 1.68. The molecule has 1 aromatic heterocycles. The maximum Gasteiger partial charge on any atom is 0.231 e. The van der Waals surface area contributed by atoms with Crippen molar-refractivity contribution in [1.82, 2.24) is 4.98 Å². The number of methoxy groups -OCH3 is 1. The molecule has 0 bridgehead atoms. The molecule has 0 radical (unpaired) electrons. The number of pyridine rings is 1. The molecule has 34 heavy (non-hydrogen) atoms. The normalized spacial score (nSPS) is 16.1. The van der Waals surface area contributed by atoms with Crippen LogP contribution in [0.5, 0.6) is 17.2 Å². The van der Waals surface area contributed by atoms with Gasteiger partial charge in [0.1, 0.15) is 17.7 Å². The van der Waals surface area contributed by atoms with Gasteiger partial charge in [0.2, 0.25) is 6.79 Å². The number of allylic oxidation sites excluding steroid dienone is 1. The molecule has 3 aromatic rings. The summed E-state index contributed by atoms with van der Waals surface area (Å²) in [6.07, 6.45) is 4.63. The van der Waals surface area contributed by atoms with Crippen molar-refractivity contribution in [1.29, 1.82) is 0 Å². The molecular formula is C28H30N2O4. The van der Waals surface area contributed by atoms with Gasteiger partial charge in [-0.3, -0.25) is 0 Å². The molecule has 6 nitrogen and oxygen atoms in total. The molecule has 1 atom stereocenters. The lowest BCUT2D eigenvalue weighted by Gasteiger charge is -2.22. The van der Waals surface area contributed by atoms with Crippen LogP contribution in [0.15, 0.2) is 73.1 Å². The average Bonchev–Trinajstić information content (AvgIpc) is 3.56. The molecule has 6 heteroatoms. The molecule has 176 valence electrons. The van der Waals surface area contributed by atoms with Crippen molar-refractivity contribution in [3.8, 4) is 17.2 Å². The highest BCUT2D eigenvalue weighted by molar-refractivity contribution is 5.55. The van der Waals surface area contributed by atoms with Crippen molar-refractivity contribution in [3.63, 3.8) is 0 Å². The molecule has 0 amide bonds. The van der Waals surface area contributed by atoms with Crippen LogP contribution in [0.25, 0.3) is 0 Å². The Labute approximate surface area is 200 Å². The van der Waals surface area contributed by atoms with Crippen molar-refractivity contribution >= 4 is 5.82 Å². The van der Waals surface area contributed by atoms with Crippen molar-refractivity contribution in [2.24, 2.45) is 0 Å². The van der Waals surface area contributed by atoms with Crippen LogP contribution in [-0.4, -0.2) is 25.5 Å². The highest BCUT2D eigenvalue weighted by Crippen LogP contribution is 2.54. The Balaban J connectivity index is 1.33. The fourth-order valence-electron chi connectivity index (χ4n) is 4.48. The first-order chi connectivity index (χ1) is 16.6. The maximum absolute atomic E-state index is 6.21. The van der Waals surface area contributed by atoms with Gasteiger partial charge in [0.05, 0.1) is 7.11 Å². The number of rotatable bonds is 10. The van der Waals surface area contributed by atoms with E-state index in [4.69, 9.17) is 18.9 Å². The fraction of sp³-hybridized carbons (Fsp3) is 0.321. The second-order valence-corrected chi connectivity index (χ2v) is 8.72. The predicted molar refractivity (Wildman–Crippen MR) is 132 cm³/mol. The summed E-state index contributed by atoms with van der Waals surface area (Å²) in [4.78, 5) is 4.68. The highest BCUT2D eigenvalue weighted by atomic mass is 16.7. The molecule has 1 aliphatic heterocycles. The number of hydrogen-bond acceptors (Lipinski definition) is 6. The number of para-hydroxylation sites is 1. The third-order valence-corrected chi connectivity index (χ3v) is 6.53. The van der Waals surface area contributed by atoms with E-state index in [1.807, 2.05) is 42.6 Å². The Morgan fingerprint density at radius 3 is 2.68 bits per heavy atom. The monoisotopic (exact) mass is 458 g/mol. The highest BCUT2D eigenvalue weighted by Gasteiger charge is 2.47. The topological polar surface area (TPSA) is 61.8 Å². The summed E-state index contributed by atoms with van der Waals surface area (Å²) in [5, 5.41) is 3.44. The van der Waals surface area contributed by atoms with Gasteiger partial charge in [-0.25, -0.2) is 4.98 Å². The van der Waals surface area contributed by atoms with E-state index in [0.29, 0.717) is 6.61 Å². The Hall–Kier alpha value is -3.51. The van der Waals surface area contributed by atoms with Gasteiger partial charge in [0.25, 0.3) is 0 Å². The summed E-state index contributed by atoms with van der Waals surface area (Å²) in [5.41, 5.74) is 3.99. The summed E-state index contributed by atoms with van der Waals surface area (Å²) >= 11 is 0. The smallest absolute Gasteiger partial charge is 0.231 e. The first-order valence-electron chi connectivity index (χ1n) is 11.7. The Morgan fingerprint density at radius 2 is 1.94 bits per heavy atom. The fourth-order valence-corrected chi connectivity index (χ4v) is 4.48. The molecule has 0 spiro atoms. The van der Waals surface area contributed by atoms with Gasteiger partial charge < -0.3 is 24.3 Å². The molecular weight excluding hydrogens is 428 g/mol. The van der Waals surface area contributed by atoms with Crippen LogP contribution in [0.4, 0.5) is 5.82 Å². The number of anilines is 1. The summed E-state index contributed by atoms with van der Waals surface area (Å²) < 4.78 is 22.8. The van der Waals surface area contributed by atoms with Crippen LogP contribution < -0.4 is 19.5 Å². The van der Waals surface area contributed by atoms with Crippen LogP contribution in [0.1, 0.15) is 49.0 Å².